The Labute approximate surface area is 100 Å². The van der Waals surface area contributed by atoms with Gasteiger partial charge < -0.3 is 9.84 Å². The Kier molecular flexibility index (Phi) is 3.19. The number of aliphatic hydroxyl groups excluding tert-OH is 1. The average Bonchev–Trinajstić information content (AvgIpc) is 2.61. The van der Waals surface area contributed by atoms with E-state index in [0.29, 0.717) is 12.3 Å². The van der Waals surface area contributed by atoms with Gasteiger partial charge in [0.2, 0.25) is 0 Å². The van der Waals surface area contributed by atoms with Crippen molar-refractivity contribution in [3.8, 4) is 0 Å². The molecule has 0 atom stereocenters. The second kappa shape index (κ2) is 4.49. The predicted molar refractivity (Wildman–Crippen MR) is 61.8 cm³/mol. The second-order valence-electron chi connectivity index (χ2n) is 4.58. The van der Waals surface area contributed by atoms with Gasteiger partial charge >= 0.3 is 5.97 Å². The van der Waals surface area contributed by atoms with Crippen molar-refractivity contribution in [1.29, 1.82) is 0 Å². The van der Waals surface area contributed by atoms with Crippen LogP contribution in [0.15, 0.2) is 6.20 Å². The second-order valence-corrected chi connectivity index (χ2v) is 4.58. The number of rotatable bonds is 4. The van der Waals surface area contributed by atoms with Crippen molar-refractivity contribution in [2.75, 3.05) is 13.2 Å². The number of hydrogen-bond acceptors (Lipinski definition) is 4. The number of aryl methyl sites for hydroxylation is 1. The molecule has 1 aliphatic carbocycles. The van der Waals surface area contributed by atoms with Gasteiger partial charge in [0.05, 0.1) is 13.2 Å². The summed E-state index contributed by atoms with van der Waals surface area (Å²) >= 11 is 0. The molecule has 2 rings (SSSR count). The Bertz CT molecular complexity index is 416. The molecule has 0 amide bonds. The van der Waals surface area contributed by atoms with Crippen molar-refractivity contribution in [1.82, 2.24) is 9.78 Å². The SMILES string of the molecule is CCOC(=O)c1nn(C)cc1C1(CO)CCC1. The van der Waals surface area contributed by atoms with Gasteiger partial charge in [-0.1, -0.05) is 6.42 Å². The number of ether oxygens (including phenoxy) is 1. The first-order valence-electron chi connectivity index (χ1n) is 5.95. The molecular weight excluding hydrogens is 220 g/mol. The van der Waals surface area contributed by atoms with E-state index in [2.05, 4.69) is 5.10 Å². The van der Waals surface area contributed by atoms with Crippen molar-refractivity contribution in [3.05, 3.63) is 17.5 Å². The number of hydrogen-bond donors (Lipinski definition) is 1. The summed E-state index contributed by atoms with van der Waals surface area (Å²) in [6.07, 6.45) is 4.71. The molecule has 1 fully saturated rings. The predicted octanol–water partition coefficient (Wildman–Crippen LogP) is 1.01. The lowest BCUT2D eigenvalue weighted by Crippen LogP contribution is -2.39. The number of nitrogens with zero attached hydrogens (tertiary/aromatic N) is 2. The quantitative estimate of drug-likeness (QED) is 0.795. The van der Waals surface area contributed by atoms with Crippen LogP contribution in [0.3, 0.4) is 0 Å². The van der Waals surface area contributed by atoms with E-state index in [4.69, 9.17) is 4.74 Å². The Balaban J connectivity index is 2.36. The van der Waals surface area contributed by atoms with Crippen LogP contribution >= 0.6 is 0 Å². The van der Waals surface area contributed by atoms with Crippen molar-refractivity contribution >= 4 is 5.97 Å². The molecule has 1 aromatic rings. The molecule has 0 aromatic carbocycles. The Morgan fingerprint density at radius 2 is 2.35 bits per heavy atom. The molecule has 1 saturated carbocycles. The van der Waals surface area contributed by atoms with Gasteiger partial charge in [-0.05, 0) is 19.8 Å². The fourth-order valence-corrected chi connectivity index (χ4v) is 2.34. The average molecular weight is 238 g/mol. The minimum Gasteiger partial charge on any atom is -0.461 e. The summed E-state index contributed by atoms with van der Waals surface area (Å²) in [6, 6.07) is 0. The van der Waals surface area contributed by atoms with Crippen LogP contribution in [0.2, 0.25) is 0 Å². The molecule has 1 N–H and O–H groups in total. The van der Waals surface area contributed by atoms with Gasteiger partial charge in [-0.3, -0.25) is 4.68 Å². The van der Waals surface area contributed by atoms with E-state index >= 15 is 0 Å². The number of aliphatic hydroxyl groups is 1. The van der Waals surface area contributed by atoms with Crippen molar-refractivity contribution in [3.63, 3.8) is 0 Å². The van der Waals surface area contributed by atoms with E-state index in [1.54, 1.807) is 18.7 Å². The molecule has 1 aliphatic rings. The van der Waals surface area contributed by atoms with Gasteiger partial charge in [-0.25, -0.2) is 4.79 Å². The standard InChI is InChI=1S/C12H18N2O3/c1-3-17-11(16)10-9(7-14(2)13-10)12(8-15)5-4-6-12/h7,15H,3-6,8H2,1-2H3. The van der Waals surface area contributed by atoms with Crippen LogP contribution < -0.4 is 0 Å². The highest BCUT2D eigenvalue weighted by atomic mass is 16.5. The topological polar surface area (TPSA) is 64.3 Å². The lowest BCUT2D eigenvalue weighted by atomic mass is 9.65. The maximum atomic E-state index is 11.8. The molecule has 5 nitrogen and oxygen atoms in total. The summed E-state index contributed by atoms with van der Waals surface area (Å²) in [5.74, 6) is -0.400. The number of esters is 1. The molecule has 0 saturated heterocycles. The van der Waals surface area contributed by atoms with Gasteiger partial charge in [0.1, 0.15) is 0 Å². The fourth-order valence-electron chi connectivity index (χ4n) is 2.34. The van der Waals surface area contributed by atoms with Crippen LogP contribution in [0.25, 0.3) is 0 Å². The van der Waals surface area contributed by atoms with E-state index in [1.807, 2.05) is 6.20 Å². The summed E-state index contributed by atoms with van der Waals surface area (Å²) in [4.78, 5) is 11.8. The zero-order valence-electron chi connectivity index (χ0n) is 10.3. The molecule has 0 spiro atoms. The minimum atomic E-state index is -0.400. The summed E-state index contributed by atoms with van der Waals surface area (Å²) in [5.41, 5.74) is 0.895. The number of aromatic nitrogens is 2. The zero-order chi connectivity index (χ0) is 12.5. The van der Waals surface area contributed by atoms with E-state index < -0.39 is 5.97 Å². The van der Waals surface area contributed by atoms with Crippen LogP contribution in [0, 0.1) is 0 Å². The molecule has 0 unspecified atom stereocenters. The third kappa shape index (κ3) is 1.95. The largest absolute Gasteiger partial charge is 0.461 e. The van der Waals surface area contributed by atoms with Crippen LogP contribution in [0.5, 0.6) is 0 Å². The Hall–Kier alpha value is -1.36. The van der Waals surface area contributed by atoms with Crippen LogP contribution in [0.4, 0.5) is 0 Å². The highest BCUT2D eigenvalue weighted by Gasteiger charge is 2.42. The van der Waals surface area contributed by atoms with E-state index in [0.717, 1.165) is 24.8 Å². The normalized spacial score (nSPS) is 17.6. The van der Waals surface area contributed by atoms with Crippen LogP contribution in [-0.2, 0) is 17.2 Å². The van der Waals surface area contributed by atoms with E-state index in [9.17, 15) is 9.90 Å². The fraction of sp³-hybridized carbons (Fsp3) is 0.667. The zero-order valence-corrected chi connectivity index (χ0v) is 10.3. The van der Waals surface area contributed by atoms with E-state index in [-0.39, 0.29) is 12.0 Å². The monoisotopic (exact) mass is 238 g/mol. The summed E-state index contributed by atoms with van der Waals surface area (Å²) < 4.78 is 6.60. The molecule has 0 radical (unpaired) electrons. The first-order chi connectivity index (χ1) is 8.13. The van der Waals surface area contributed by atoms with Crippen LogP contribution in [-0.4, -0.2) is 34.1 Å². The lowest BCUT2D eigenvalue weighted by molar-refractivity contribution is 0.0508. The third-order valence-electron chi connectivity index (χ3n) is 3.48. The smallest absolute Gasteiger partial charge is 0.359 e. The molecule has 1 heterocycles. The molecule has 17 heavy (non-hydrogen) atoms. The maximum absolute atomic E-state index is 11.8. The molecule has 94 valence electrons. The van der Waals surface area contributed by atoms with Gasteiger partial charge in [-0.2, -0.15) is 5.10 Å². The van der Waals surface area contributed by atoms with Crippen molar-refractivity contribution < 1.29 is 14.6 Å². The van der Waals surface area contributed by atoms with Crippen molar-refractivity contribution in [2.45, 2.75) is 31.6 Å². The summed E-state index contributed by atoms with van der Waals surface area (Å²) in [6.45, 7) is 2.16. The first-order valence-corrected chi connectivity index (χ1v) is 5.95. The number of carbonyl (C=O) groups excluding carboxylic acids is 1. The van der Waals surface area contributed by atoms with Crippen LogP contribution in [0.1, 0.15) is 42.2 Å². The summed E-state index contributed by atoms with van der Waals surface area (Å²) in [7, 11) is 1.77. The first kappa shape index (κ1) is 12.1. The number of carbonyl (C=O) groups is 1. The highest BCUT2D eigenvalue weighted by molar-refractivity contribution is 5.89. The highest BCUT2D eigenvalue weighted by Crippen LogP contribution is 2.44. The Morgan fingerprint density at radius 1 is 1.65 bits per heavy atom. The molecular formula is C12H18N2O3. The molecule has 1 aromatic heterocycles. The van der Waals surface area contributed by atoms with Crippen molar-refractivity contribution in [2.24, 2.45) is 7.05 Å². The third-order valence-corrected chi connectivity index (χ3v) is 3.48. The minimum absolute atomic E-state index is 0.0606. The van der Waals surface area contributed by atoms with E-state index in [1.165, 1.54) is 0 Å². The molecule has 5 heteroatoms. The van der Waals surface area contributed by atoms with Gasteiger partial charge in [0.25, 0.3) is 0 Å². The summed E-state index contributed by atoms with van der Waals surface area (Å²) in [5, 5.41) is 13.7. The Morgan fingerprint density at radius 3 is 2.82 bits per heavy atom. The van der Waals surface area contributed by atoms with Gasteiger partial charge in [0, 0.05) is 24.2 Å². The van der Waals surface area contributed by atoms with Gasteiger partial charge in [-0.15, -0.1) is 0 Å². The molecule has 0 aliphatic heterocycles. The van der Waals surface area contributed by atoms with Gasteiger partial charge in [0.15, 0.2) is 5.69 Å². The molecule has 0 bridgehead atoms. The maximum Gasteiger partial charge on any atom is 0.359 e. The lowest BCUT2D eigenvalue weighted by Gasteiger charge is -2.40.